The summed E-state index contributed by atoms with van der Waals surface area (Å²) in [6, 6.07) is 8.32. The number of H-pyrrole nitrogens is 1. The maximum atomic E-state index is 11.8. The van der Waals surface area contributed by atoms with Crippen molar-refractivity contribution in [1.29, 1.82) is 0 Å². The summed E-state index contributed by atoms with van der Waals surface area (Å²) >= 11 is 5.71. The molecule has 5 nitrogen and oxygen atoms in total. The van der Waals surface area contributed by atoms with Gasteiger partial charge in [-0.15, -0.1) is 0 Å². The number of carbonyl (C=O) groups is 2. The molecule has 6 heteroatoms. The topological polar surface area (TPSA) is 88.0 Å². The zero-order valence-electron chi connectivity index (χ0n) is 9.94. The third kappa shape index (κ3) is 3.35. The number of benzene rings is 1. The molecule has 0 aliphatic carbocycles. The minimum Gasteiger partial charge on any atom is -0.366 e. The largest absolute Gasteiger partial charge is 0.366 e. The second kappa shape index (κ2) is 5.58. The van der Waals surface area contributed by atoms with E-state index >= 15 is 0 Å². The minimum atomic E-state index is -0.496. The lowest BCUT2D eigenvalue weighted by molar-refractivity contribution is 0.0946. The van der Waals surface area contributed by atoms with E-state index in [0.29, 0.717) is 22.8 Å². The molecule has 0 aliphatic rings. The molecule has 0 fully saturated rings. The van der Waals surface area contributed by atoms with E-state index in [4.69, 9.17) is 17.3 Å². The van der Waals surface area contributed by atoms with E-state index in [1.165, 1.54) is 12.3 Å². The van der Waals surface area contributed by atoms with Gasteiger partial charge in [-0.1, -0.05) is 23.7 Å². The van der Waals surface area contributed by atoms with Crippen molar-refractivity contribution in [2.45, 2.75) is 6.54 Å². The van der Waals surface area contributed by atoms with Crippen LogP contribution in [0.3, 0.4) is 0 Å². The molecule has 0 saturated carbocycles. The summed E-state index contributed by atoms with van der Waals surface area (Å²) in [5, 5.41) is 3.19. The van der Waals surface area contributed by atoms with Crippen LogP contribution >= 0.6 is 11.6 Å². The van der Waals surface area contributed by atoms with Crippen LogP contribution in [0.15, 0.2) is 36.5 Å². The van der Waals surface area contributed by atoms with Crippen LogP contribution < -0.4 is 11.1 Å². The Morgan fingerprint density at radius 2 is 2.11 bits per heavy atom. The molecule has 19 heavy (non-hydrogen) atoms. The summed E-state index contributed by atoms with van der Waals surface area (Å²) in [4.78, 5) is 25.5. The fraction of sp³-hybridized carbons (Fsp3) is 0.0769. The zero-order valence-corrected chi connectivity index (χ0v) is 10.7. The van der Waals surface area contributed by atoms with Gasteiger partial charge in [-0.25, -0.2) is 0 Å². The van der Waals surface area contributed by atoms with Crippen molar-refractivity contribution < 1.29 is 9.59 Å². The maximum absolute atomic E-state index is 11.8. The molecule has 0 saturated heterocycles. The normalized spacial score (nSPS) is 10.2. The van der Waals surface area contributed by atoms with Gasteiger partial charge in [-0.2, -0.15) is 0 Å². The van der Waals surface area contributed by atoms with Gasteiger partial charge in [-0.3, -0.25) is 9.59 Å². The lowest BCUT2D eigenvalue weighted by Gasteiger charge is -2.05. The van der Waals surface area contributed by atoms with Gasteiger partial charge in [0.1, 0.15) is 5.69 Å². The molecule has 0 unspecified atom stereocenters. The summed E-state index contributed by atoms with van der Waals surface area (Å²) in [7, 11) is 0. The Kier molecular flexibility index (Phi) is 3.87. The Balaban J connectivity index is 2.01. The van der Waals surface area contributed by atoms with Gasteiger partial charge in [0.05, 0.1) is 5.02 Å². The first-order chi connectivity index (χ1) is 9.06. The summed E-state index contributed by atoms with van der Waals surface area (Å²) in [6.07, 6.45) is 1.53. The van der Waals surface area contributed by atoms with Crippen molar-refractivity contribution in [3.8, 4) is 0 Å². The highest BCUT2D eigenvalue weighted by Crippen LogP contribution is 2.10. The van der Waals surface area contributed by atoms with E-state index in [2.05, 4.69) is 10.3 Å². The fourth-order valence-electron chi connectivity index (χ4n) is 1.61. The van der Waals surface area contributed by atoms with Gasteiger partial charge >= 0.3 is 0 Å². The Morgan fingerprint density at radius 3 is 2.74 bits per heavy atom. The predicted octanol–water partition coefficient (Wildman–Crippen LogP) is 1.70. The number of amides is 2. The quantitative estimate of drug-likeness (QED) is 0.794. The molecule has 1 aromatic carbocycles. The number of nitrogens with two attached hydrogens (primary N) is 1. The molecule has 0 aliphatic heterocycles. The van der Waals surface area contributed by atoms with Crippen molar-refractivity contribution >= 4 is 23.4 Å². The van der Waals surface area contributed by atoms with E-state index in [1.807, 2.05) is 0 Å². The van der Waals surface area contributed by atoms with E-state index < -0.39 is 5.91 Å². The Labute approximate surface area is 114 Å². The number of aromatic nitrogens is 1. The smallest absolute Gasteiger partial charge is 0.268 e. The summed E-state index contributed by atoms with van der Waals surface area (Å²) < 4.78 is 0. The first kappa shape index (κ1) is 13.2. The van der Waals surface area contributed by atoms with Crippen molar-refractivity contribution in [2.75, 3.05) is 0 Å². The van der Waals surface area contributed by atoms with Crippen molar-refractivity contribution in [1.82, 2.24) is 10.3 Å². The molecule has 2 rings (SSSR count). The Hall–Kier alpha value is -2.27. The first-order valence-corrected chi connectivity index (χ1v) is 5.95. The summed E-state index contributed by atoms with van der Waals surface area (Å²) in [5.74, 6) is -0.763. The summed E-state index contributed by atoms with van der Waals surface area (Å²) in [5.41, 5.74) is 6.78. The highest BCUT2D eigenvalue weighted by molar-refractivity contribution is 6.30. The van der Waals surface area contributed by atoms with E-state index in [9.17, 15) is 9.59 Å². The van der Waals surface area contributed by atoms with E-state index in [-0.39, 0.29) is 5.91 Å². The average Bonchev–Trinajstić information content (AvgIpc) is 2.83. The molecule has 1 heterocycles. The minimum absolute atomic E-state index is 0.267. The first-order valence-electron chi connectivity index (χ1n) is 5.57. The van der Waals surface area contributed by atoms with Crippen LogP contribution in [0.1, 0.15) is 26.4 Å². The van der Waals surface area contributed by atoms with Crippen LogP contribution in [0.4, 0.5) is 0 Å². The molecule has 0 bridgehead atoms. The zero-order chi connectivity index (χ0) is 13.8. The SMILES string of the molecule is NC(=O)c1cccc(CNC(=O)c2cc(Cl)c[nH]2)c1. The van der Waals surface area contributed by atoms with Crippen LogP contribution in [0, 0.1) is 0 Å². The molecular formula is C13H12ClN3O2. The van der Waals surface area contributed by atoms with Crippen LogP contribution in [0.25, 0.3) is 0 Å². The highest BCUT2D eigenvalue weighted by Gasteiger charge is 2.08. The van der Waals surface area contributed by atoms with Crippen molar-refractivity contribution in [2.24, 2.45) is 5.73 Å². The fourth-order valence-corrected chi connectivity index (χ4v) is 1.77. The van der Waals surface area contributed by atoms with Crippen LogP contribution in [0.5, 0.6) is 0 Å². The molecule has 98 valence electrons. The monoisotopic (exact) mass is 277 g/mol. The number of aromatic amines is 1. The molecule has 0 spiro atoms. The van der Waals surface area contributed by atoms with Crippen LogP contribution in [0.2, 0.25) is 5.02 Å². The van der Waals surface area contributed by atoms with Gasteiger partial charge in [0.2, 0.25) is 5.91 Å². The number of nitrogens with one attached hydrogen (secondary N) is 2. The molecule has 1 aromatic heterocycles. The number of rotatable bonds is 4. The Bertz CT molecular complexity index is 622. The van der Waals surface area contributed by atoms with Crippen LogP contribution in [-0.4, -0.2) is 16.8 Å². The van der Waals surface area contributed by atoms with Gasteiger partial charge < -0.3 is 16.0 Å². The lowest BCUT2D eigenvalue weighted by atomic mass is 10.1. The molecule has 2 aromatic rings. The third-order valence-electron chi connectivity index (χ3n) is 2.56. The number of halogens is 1. The van der Waals surface area contributed by atoms with Gasteiger partial charge in [0, 0.05) is 18.3 Å². The van der Waals surface area contributed by atoms with Gasteiger partial charge in [0.25, 0.3) is 5.91 Å². The predicted molar refractivity (Wildman–Crippen MR) is 71.9 cm³/mol. The molecule has 0 atom stereocenters. The number of carbonyl (C=O) groups excluding carboxylic acids is 2. The lowest BCUT2D eigenvalue weighted by Crippen LogP contribution is -2.23. The molecule has 4 N–H and O–H groups in total. The van der Waals surface area contributed by atoms with E-state index in [0.717, 1.165) is 5.56 Å². The molecular weight excluding hydrogens is 266 g/mol. The second-order valence-corrected chi connectivity index (χ2v) is 4.42. The highest BCUT2D eigenvalue weighted by atomic mass is 35.5. The van der Waals surface area contributed by atoms with Crippen molar-refractivity contribution in [3.05, 3.63) is 58.4 Å². The van der Waals surface area contributed by atoms with Crippen LogP contribution in [-0.2, 0) is 6.54 Å². The van der Waals surface area contributed by atoms with Crippen molar-refractivity contribution in [3.63, 3.8) is 0 Å². The third-order valence-corrected chi connectivity index (χ3v) is 2.78. The second-order valence-electron chi connectivity index (χ2n) is 3.98. The number of hydrogen-bond donors (Lipinski definition) is 3. The Morgan fingerprint density at radius 1 is 1.32 bits per heavy atom. The standard InChI is InChI=1S/C13H12ClN3O2/c14-10-5-11(16-7-10)13(19)17-6-8-2-1-3-9(4-8)12(15)18/h1-5,7,16H,6H2,(H2,15,18)(H,17,19). The number of hydrogen-bond acceptors (Lipinski definition) is 2. The average molecular weight is 278 g/mol. The summed E-state index contributed by atoms with van der Waals surface area (Å²) in [6.45, 7) is 0.302. The van der Waals surface area contributed by atoms with E-state index in [1.54, 1.807) is 24.3 Å². The van der Waals surface area contributed by atoms with Gasteiger partial charge in [0.15, 0.2) is 0 Å². The van der Waals surface area contributed by atoms with Gasteiger partial charge in [-0.05, 0) is 23.8 Å². The molecule has 0 radical (unpaired) electrons. The number of primary amides is 1. The maximum Gasteiger partial charge on any atom is 0.268 e. The molecule has 2 amide bonds.